The molecule has 0 aliphatic heterocycles. The third kappa shape index (κ3) is 3.31. The summed E-state index contributed by atoms with van der Waals surface area (Å²) in [6.07, 6.45) is 0. The summed E-state index contributed by atoms with van der Waals surface area (Å²) in [6.45, 7) is 13.7. The highest BCUT2D eigenvalue weighted by molar-refractivity contribution is 6.38. The maximum absolute atomic E-state index is 6.84. The number of halogens is 1. The fourth-order valence-corrected chi connectivity index (χ4v) is 5.90. The second-order valence-electron chi connectivity index (χ2n) is 12.2. The second-order valence-corrected chi connectivity index (χ2v) is 12.6. The lowest BCUT2D eigenvalue weighted by atomic mass is 9.85. The molecule has 0 amide bonds. The lowest BCUT2D eigenvalue weighted by Crippen LogP contribution is -2.10. The lowest BCUT2D eigenvalue weighted by molar-refractivity contribution is 0.590. The molecule has 0 aliphatic rings. The van der Waals surface area contributed by atoms with Gasteiger partial charge in [-0.1, -0.05) is 83.5 Å². The summed E-state index contributed by atoms with van der Waals surface area (Å²) < 4.78 is 4.72. The molecule has 3 heteroatoms. The van der Waals surface area contributed by atoms with Crippen LogP contribution in [0.25, 0.3) is 49.3 Å². The van der Waals surface area contributed by atoms with E-state index in [0.29, 0.717) is 0 Å². The Balaban J connectivity index is 1.80. The van der Waals surface area contributed by atoms with E-state index in [1.165, 1.54) is 43.8 Å². The van der Waals surface area contributed by atoms with Crippen molar-refractivity contribution in [3.05, 3.63) is 88.9 Å². The maximum Gasteiger partial charge on any atom is 0.0748 e. The molecule has 2 heterocycles. The van der Waals surface area contributed by atoms with Crippen LogP contribution in [0.5, 0.6) is 0 Å². The van der Waals surface area contributed by atoms with Gasteiger partial charge in [0.1, 0.15) is 0 Å². The summed E-state index contributed by atoms with van der Waals surface area (Å²) in [5, 5.41) is 5.68. The van der Waals surface area contributed by atoms with Gasteiger partial charge in [-0.05, 0) is 64.4 Å². The Hall–Kier alpha value is -3.23. The van der Waals surface area contributed by atoms with Gasteiger partial charge in [0.15, 0.2) is 0 Å². The number of fused-ring (bicyclic) bond motifs is 6. The first-order valence-electron chi connectivity index (χ1n) is 12.7. The Kier molecular flexibility index (Phi) is 4.92. The second kappa shape index (κ2) is 7.63. The number of rotatable bonds is 1. The largest absolute Gasteiger partial charge is 0.342 e. The van der Waals surface area contributed by atoms with Crippen LogP contribution < -0.4 is 0 Å². The summed E-state index contributed by atoms with van der Waals surface area (Å²) in [4.78, 5) is 0. The number of para-hydroxylation sites is 1. The lowest BCUT2D eigenvalue weighted by Gasteiger charge is -2.19. The number of nitrogens with zero attached hydrogens (tertiary/aromatic N) is 2. The Labute approximate surface area is 218 Å². The van der Waals surface area contributed by atoms with Gasteiger partial charge >= 0.3 is 0 Å². The average Bonchev–Trinajstić information content (AvgIpc) is 3.31. The molecule has 0 radical (unpaired) electrons. The van der Waals surface area contributed by atoms with Crippen molar-refractivity contribution in [2.75, 3.05) is 0 Å². The molecule has 182 valence electrons. The van der Waals surface area contributed by atoms with Crippen molar-refractivity contribution < 1.29 is 0 Å². The Morgan fingerprint density at radius 1 is 0.611 bits per heavy atom. The zero-order valence-electron chi connectivity index (χ0n) is 22.2. The van der Waals surface area contributed by atoms with Crippen LogP contribution in [0.4, 0.5) is 0 Å². The van der Waals surface area contributed by atoms with Gasteiger partial charge in [0.2, 0.25) is 0 Å². The third-order valence-electron chi connectivity index (χ3n) is 7.71. The molecule has 36 heavy (non-hydrogen) atoms. The first-order valence-corrected chi connectivity index (χ1v) is 13.1. The van der Waals surface area contributed by atoms with E-state index in [1.807, 2.05) is 0 Å². The van der Waals surface area contributed by atoms with Gasteiger partial charge in [0.05, 0.1) is 27.3 Å². The fraction of sp³-hybridized carbons (Fsp3) is 0.273. The molecule has 2 nitrogen and oxygen atoms in total. The predicted octanol–water partition coefficient (Wildman–Crippen LogP) is 9.68. The molecule has 2 aromatic heterocycles. The van der Waals surface area contributed by atoms with Crippen molar-refractivity contribution >= 4 is 55.2 Å². The number of benzene rings is 4. The minimum absolute atomic E-state index is 0.0770. The number of aryl methyl sites for hydroxylation is 1. The molecule has 6 aromatic rings. The van der Waals surface area contributed by atoms with Crippen LogP contribution in [0, 0.1) is 0 Å². The topological polar surface area (TPSA) is 9.86 Å². The molecule has 0 saturated heterocycles. The standard InChI is InChI=1S/C33H33ClN2/c1-32(2,3)20-12-15-27-23(18-20)24-19-21(33(4,5)6)13-16-28(24)36(27)29-17-14-25(34)30-22-10-8-9-11-26(22)35(7)31(29)30/h8-19H,1-7H3. The smallest absolute Gasteiger partial charge is 0.0748 e. The van der Waals surface area contributed by atoms with Crippen LogP contribution in [-0.2, 0) is 17.9 Å². The molecule has 4 aromatic carbocycles. The molecular formula is C33H33ClN2. The highest BCUT2D eigenvalue weighted by Crippen LogP contribution is 2.42. The minimum Gasteiger partial charge on any atom is -0.342 e. The van der Waals surface area contributed by atoms with Gasteiger partial charge < -0.3 is 9.13 Å². The number of aromatic nitrogens is 2. The van der Waals surface area contributed by atoms with Gasteiger partial charge in [0, 0.05) is 34.1 Å². The first kappa shape index (κ1) is 23.2. The maximum atomic E-state index is 6.84. The summed E-state index contributed by atoms with van der Waals surface area (Å²) >= 11 is 6.84. The van der Waals surface area contributed by atoms with Crippen molar-refractivity contribution in [2.45, 2.75) is 52.4 Å². The Bertz CT molecular complexity index is 1750. The van der Waals surface area contributed by atoms with Crippen molar-refractivity contribution in [3.8, 4) is 5.69 Å². The first-order chi connectivity index (χ1) is 17.0. The van der Waals surface area contributed by atoms with E-state index < -0.39 is 0 Å². The minimum atomic E-state index is 0.0770. The predicted molar refractivity (Wildman–Crippen MR) is 157 cm³/mol. The van der Waals surface area contributed by atoms with Crippen LogP contribution in [0.2, 0.25) is 5.02 Å². The van der Waals surface area contributed by atoms with E-state index in [0.717, 1.165) is 21.6 Å². The molecule has 0 spiro atoms. The average molecular weight is 493 g/mol. The summed E-state index contributed by atoms with van der Waals surface area (Å²) in [6, 6.07) is 26.7. The Morgan fingerprint density at radius 2 is 1.17 bits per heavy atom. The normalized spacial score (nSPS) is 13.0. The fourth-order valence-electron chi connectivity index (χ4n) is 5.65. The van der Waals surface area contributed by atoms with Crippen molar-refractivity contribution in [1.29, 1.82) is 0 Å². The van der Waals surface area contributed by atoms with Gasteiger partial charge in [-0.2, -0.15) is 0 Å². The van der Waals surface area contributed by atoms with Crippen LogP contribution in [0.3, 0.4) is 0 Å². The quantitative estimate of drug-likeness (QED) is 0.216. The van der Waals surface area contributed by atoms with Gasteiger partial charge in [0.25, 0.3) is 0 Å². The molecule has 0 bridgehead atoms. The van der Waals surface area contributed by atoms with Gasteiger partial charge in [-0.3, -0.25) is 0 Å². The Morgan fingerprint density at radius 3 is 1.72 bits per heavy atom. The SMILES string of the molecule is Cn1c2ccccc2c2c(Cl)ccc(-n3c4ccc(C(C)(C)C)cc4c4cc(C(C)(C)C)ccc43)c21. The summed E-state index contributed by atoms with van der Waals surface area (Å²) in [5.41, 5.74) is 8.79. The van der Waals surface area contributed by atoms with Gasteiger partial charge in [-0.25, -0.2) is 0 Å². The van der Waals surface area contributed by atoms with Crippen molar-refractivity contribution in [1.82, 2.24) is 9.13 Å². The van der Waals surface area contributed by atoms with E-state index in [9.17, 15) is 0 Å². The van der Waals surface area contributed by atoms with Crippen LogP contribution in [0.1, 0.15) is 52.7 Å². The summed E-state index contributed by atoms with van der Waals surface area (Å²) in [7, 11) is 2.15. The van der Waals surface area contributed by atoms with E-state index in [-0.39, 0.29) is 10.8 Å². The van der Waals surface area contributed by atoms with Gasteiger partial charge in [-0.15, -0.1) is 0 Å². The molecule has 0 atom stereocenters. The van der Waals surface area contributed by atoms with E-state index in [4.69, 9.17) is 11.6 Å². The zero-order chi connectivity index (χ0) is 25.6. The number of hydrogen-bond acceptors (Lipinski definition) is 0. The number of hydrogen-bond donors (Lipinski definition) is 0. The highest BCUT2D eigenvalue weighted by atomic mass is 35.5. The molecule has 0 N–H and O–H groups in total. The monoisotopic (exact) mass is 492 g/mol. The zero-order valence-corrected chi connectivity index (χ0v) is 23.0. The third-order valence-corrected chi connectivity index (χ3v) is 8.03. The van der Waals surface area contributed by atoms with Crippen LogP contribution in [-0.4, -0.2) is 9.13 Å². The van der Waals surface area contributed by atoms with Crippen molar-refractivity contribution in [3.63, 3.8) is 0 Å². The van der Waals surface area contributed by atoms with E-state index in [1.54, 1.807) is 0 Å². The molecular weight excluding hydrogens is 460 g/mol. The molecule has 0 fully saturated rings. The molecule has 6 rings (SSSR count). The summed E-state index contributed by atoms with van der Waals surface area (Å²) in [5.74, 6) is 0. The van der Waals surface area contributed by atoms with Crippen LogP contribution >= 0.6 is 11.6 Å². The van der Waals surface area contributed by atoms with Crippen LogP contribution in [0.15, 0.2) is 72.8 Å². The molecule has 0 saturated carbocycles. The highest BCUT2D eigenvalue weighted by Gasteiger charge is 2.23. The molecule has 0 unspecified atom stereocenters. The van der Waals surface area contributed by atoms with E-state index in [2.05, 4.69) is 131 Å². The van der Waals surface area contributed by atoms with E-state index >= 15 is 0 Å². The van der Waals surface area contributed by atoms with Crippen molar-refractivity contribution in [2.24, 2.45) is 7.05 Å². The molecule has 0 aliphatic carbocycles.